The van der Waals surface area contributed by atoms with Crippen molar-refractivity contribution in [3.63, 3.8) is 0 Å². The summed E-state index contributed by atoms with van der Waals surface area (Å²) in [7, 11) is 0. The molecule has 0 saturated heterocycles. The van der Waals surface area contributed by atoms with E-state index in [1.165, 1.54) is 38.5 Å². The van der Waals surface area contributed by atoms with Gasteiger partial charge < -0.3 is 4.90 Å². The van der Waals surface area contributed by atoms with Crippen LogP contribution in [0, 0.1) is 4.77 Å². The highest BCUT2D eigenvalue weighted by molar-refractivity contribution is 7.71. The monoisotopic (exact) mass is 252 g/mol. The van der Waals surface area contributed by atoms with Gasteiger partial charge in [0, 0.05) is 18.6 Å². The molecule has 2 aliphatic rings. The van der Waals surface area contributed by atoms with E-state index in [1.54, 1.807) is 0 Å². The third kappa shape index (κ3) is 2.25. The van der Waals surface area contributed by atoms with Gasteiger partial charge in [0.15, 0.2) is 4.77 Å². The van der Waals surface area contributed by atoms with Crippen LogP contribution in [0.15, 0.2) is 0 Å². The fraction of sp³-hybridized carbons (Fsp3) is 0.833. The van der Waals surface area contributed by atoms with Crippen LogP contribution in [0.4, 0.5) is 5.95 Å². The molecule has 0 amide bonds. The lowest BCUT2D eigenvalue weighted by Crippen LogP contribution is -2.29. The molecule has 1 aromatic rings. The zero-order valence-electron chi connectivity index (χ0n) is 10.4. The Hall–Kier alpha value is -0.840. The van der Waals surface area contributed by atoms with Gasteiger partial charge in [-0.2, -0.15) is 0 Å². The van der Waals surface area contributed by atoms with Gasteiger partial charge in [0.05, 0.1) is 0 Å². The average molecular weight is 252 g/mol. The van der Waals surface area contributed by atoms with Crippen molar-refractivity contribution in [2.45, 2.75) is 57.5 Å². The third-order valence-electron chi connectivity index (χ3n) is 3.59. The Morgan fingerprint density at radius 2 is 2.18 bits per heavy atom. The summed E-state index contributed by atoms with van der Waals surface area (Å²) >= 11 is 5.35. The number of nitrogens with one attached hydrogen (secondary N) is 1. The maximum absolute atomic E-state index is 5.35. The molecular formula is C12H20N4S. The molecule has 0 aromatic carbocycles. The zero-order valence-corrected chi connectivity index (χ0v) is 11.2. The Bertz CT molecular complexity index is 442. The number of H-pyrrole nitrogens is 1. The molecule has 0 unspecified atom stereocenters. The number of anilines is 1. The van der Waals surface area contributed by atoms with E-state index < -0.39 is 0 Å². The van der Waals surface area contributed by atoms with Crippen molar-refractivity contribution < 1.29 is 0 Å². The summed E-state index contributed by atoms with van der Waals surface area (Å²) in [5.74, 6) is 1.09. The highest BCUT2D eigenvalue weighted by Crippen LogP contribution is 2.40. The van der Waals surface area contributed by atoms with E-state index in [2.05, 4.69) is 26.6 Å². The molecule has 4 nitrogen and oxygen atoms in total. The topological polar surface area (TPSA) is 36.9 Å². The first-order valence-electron chi connectivity index (χ1n) is 6.74. The second-order valence-electron chi connectivity index (χ2n) is 5.21. The lowest BCUT2D eigenvalue weighted by atomic mass is 10.3. The molecule has 0 aliphatic heterocycles. The fourth-order valence-electron chi connectivity index (χ4n) is 2.32. The van der Waals surface area contributed by atoms with Crippen molar-refractivity contribution in [3.8, 4) is 0 Å². The highest BCUT2D eigenvalue weighted by atomic mass is 32.1. The summed E-state index contributed by atoms with van der Waals surface area (Å²) in [6.45, 7) is 3.36. The van der Waals surface area contributed by atoms with Gasteiger partial charge in [0.25, 0.3) is 0 Å². The summed E-state index contributed by atoms with van der Waals surface area (Å²) < 4.78 is 3.04. The average Bonchev–Trinajstić information content (AvgIpc) is 3.21. The van der Waals surface area contributed by atoms with Crippen molar-refractivity contribution in [1.29, 1.82) is 0 Å². The Labute approximate surface area is 107 Å². The largest absolute Gasteiger partial charge is 0.338 e. The minimum atomic E-state index is 0.610. The van der Waals surface area contributed by atoms with E-state index >= 15 is 0 Å². The van der Waals surface area contributed by atoms with Gasteiger partial charge in [-0.05, 0) is 44.3 Å². The minimum absolute atomic E-state index is 0.610. The Kier molecular flexibility index (Phi) is 2.94. The molecular weight excluding hydrogens is 232 g/mol. The molecule has 2 saturated carbocycles. The molecule has 5 heteroatoms. The smallest absolute Gasteiger partial charge is 0.226 e. The molecule has 1 N–H and O–H groups in total. The molecule has 2 fully saturated rings. The molecule has 2 aliphatic carbocycles. The summed E-state index contributed by atoms with van der Waals surface area (Å²) in [5.41, 5.74) is 0. The van der Waals surface area contributed by atoms with Crippen LogP contribution >= 0.6 is 12.2 Å². The van der Waals surface area contributed by atoms with E-state index in [0.29, 0.717) is 12.1 Å². The second kappa shape index (κ2) is 4.44. The Morgan fingerprint density at radius 1 is 1.41 bits per heavy atom. The quantitative estimate of drug-likeness (QED) is 0.791. The van der Waals surface area contributed by atoms with Crippen LogP contribution in [0.25, 0.3) is 0 Å². The van der Waals surface area contributed by atoms with Crippen LogP contribution in [0.1, 0.15) is 51.5 Å². The molecule has 0 atom stereocenters. The number of rotatable bonds is 6. The first-order valence-corrected chi connectivity index (χ1v) is 7.15. The van der Waals surface area contributed by atoms with Crippen LogP contribution in [-0.4, -0.2) is 27.4 Å². The van der Waals surface area contributed by atoms with Crippen molar-refractivity contribution in [1.82, 2.24) is 14.8 Å². The third-order valence-corrected chi connectivity index (χ3v) is 3.88. The summed E-state index contributed by atoms with van der Waals surface area (Å²) in [5, 5.41) is 7.44. The van der Waals surface area contributed by atoms with Crippen molar-refractivity contribution >= 4 is 18.2 Å². The summed E-state index contributed by atoms with van der Waals surface area (Å²) in [6, 6.07) is 1.32. The highest BCUT2D eigenvalue weighted by Gasteiger charge is 2.35. The van der Waals surface area contributed by atoms with Gasteiger partial charge in [0.1, 0.15) is 0 Å². The maximum atomic E-state index is 5.35. The van der Waals surface area contributed by atoms with E-state index in [9.17, 15) is 0 Å². The molecule has 3 rings (SSSR count). The zero-order chi connectivity index (χ0) is 11.8. The minimum Gasteiger partial charge on any atom is -0.338 e. The predicted molar refractivity (Wildman–Crippen MR) is 71.0 cm³/mol. The van der Waals surface area contributed by atoms with Crippen LogP contribution in [0.5, 0.6) is 0 Å². The van der Waals surface area contributed by atoms with Gasteiger partial charge >= 0.3 is 0 Å². The van der Waals surface area contributed by atoms with Crippen molar-refractivity contribution in [3.05, 3.63) is 4.77 Å². The van der Waals surface area contributed by atoms with Crippen molar-refractivity contribution in [2.75, 3.05) is 11.4 Å². The number of aromatic nitrogens is 3. The lowest BCUT2D eigenvalue weighted by Gasteiger charge is -2.23. The van der Waals surface area contributed by atoms with E-state index in [0.717, 1.165) is 17.3 Å². The molecule has 17 heavy (non-hydrogen) atoms. The number of unbranched alkanes of at least 4 members (excludes halogenated alkanes) is 1. The first kappa shape index (κ1) is 11.3. The maximum Gasteiger partial charge on any atom is 0.226 e. The lowest BCUT2D eigenvalue weighted by molar-refractivity contribution is 0.646. The van der Waals surface area contributed by atoms with E-state index in [-0.39, 0.29) is 0 Å². The number of nitrogens with zero attached hydrogens (tertiary/aromatic N) is 3. The predicted octanol–water partition coefficient (Wildman–Crippen LogP) is 3.04. The van der Waals surface area contributed by atoms with Crippen LogP contribution in [-0.2, 0) is 0 Å². The first-order chi connectivity index (χ1) is 8.31. The van der Waals surface area contributed by atoms with Crippen molar-refractivity contribution in [2.24, 2.45) is 0 Å². The van der Waals surface area contributed by atoms with Gasteiger partial charge in [-0.15, -0.1) is 5.10 Å². The SMILES string of the molecule is CCCCN(c1n[nH]c(=S)n1C1CC1)C1CC1. The molecule has 0 spiro atoms. The Morgan fingerprint density at radius 3 is 2.76 bits per heavy atom. The van der Waals surface area contributed by atoms with Gasteiger partial charge in [0.2, 0.25) is 5.95 Å². The Balaban J connectivity index is 1.86. The molecule has 0 bridgehead atoms. The van der Waals surface area contributed by atoms with Gasteiger partial charge in [-0.3, -0.25) is 4.57 Å². The van der Waals surface area contributed by atoms with Crippen LogP contribution < -0.4 is 4.90 Å². The van der Waals surface area contributed by atoms with E-state index in [1.807, 2.05) is 0 Å². The number of hydrogen-bond donors (Lipinski definition) is 1. The molecule has 1 aromatic heterocycles. The van der Waals surface area contributed by atoms with Gasteiger partial charge in [-0.25, -0.2) is 5.10 Å². The van der Waals surface area contributed by atoms with Gasteiger partial charge in [-0.1, -0.05) is 13.3 Å². The summed E-state index contributed by atoms with van der Waals surface area (Å²) in [4.78, 5) is 2.47. The second-order valence-corrected chi connectivity index (χ2v) is 5.59. The fourth-order valence-corrected chi connectivity index (χ4v) is 2.60. The molecule has 0 radical (unpaired) electrons. The van der Waals surface area contributed by atoms with E-state index in [4.69, 9.17) is 12.2 Å². The summed E-state index contributed by atoms with van der Waals surface area (Å²) in [6.07, 6.45) is 7.61. The molecule has 94 valence electrons. The number of aromatic amines is 1. The molecule has 1 heterocycles. The normalized spacial score (nSPS) is 19.6. The van der Waals surface area contributed by atoms with Crippen LogP contribution in [0.3, 0.4) is 0 Å². The standard InChI is InChI=1S/C12H20N4S/c1-2-3-8-15(9-4-5-9)11-13-14-12(17)16(11)10-6-7-10/h9-10H,2-8H2,1H3,(H,14,17). The van der Waals surface area contributed by atoms with Crippen LogP contribution in [0.2, 0.25) is 0 Å². The number of hydrogen-bond acceptors (Lipinski definition) is 3.